The molecule has 1 atom stereocenters. The van der Waals surface area contributed by atoms with Crippen LogP contribution in [0.1, 0.15) is 35.1 Å². The van der Waals surface area contributed by atoms with Crippen LogP contribution >= 0.6 is 0 Å². The van der Waals surface area contributed by atoms with Gasteiger partial charge in [-0.3, -0.25) is 0 Å². The first kappa shape index (κ1) is 14.7. The maximum atomic E-state index is 3.49. The quantitative estimate of drug-likeness (QED) is 0.692. The van der Waals surface area contributed by atoms with Gasteiger partial charge in [-0.15, -0.1) is 0 Å². The Kier molecular flexibility index (Phi) is 4.20. The summed E-state index contributed by atoms with van der Waals surface area (Å²) in [5.41, 5.74) is 6.56. The van der Waals surface area contributed by atoms with E-state index in [1.54, 1.807) is 0 Å². The topological polar surface area (TPSA) is 3.24 Å². The van der Waals surface area contributed by atoms with Crippen LogP contribution in [0, 0.1) is 32.6 Å². The second-order valence-corrected chi connectivity index (χ2v) is 6.23. The largest absolute Gasteiger partial charge is 0.357 e. The Morgan fingerprint density at radius 3 is 2.36 bits per heavy atom. The fourth-order valence-electron chi connectivity index (χ4n) is 3.50. The fraction of sp³-hybridized carbons (Fsp3) is 0.333. The Morgan fingerprint density at radius 1 is 1.00 bits per heavy atom. The molecule has 0 radical (unpaired) electrons. The van der Waals surface area contributed by atoms with Gasteiger partial charge in [0.05, 0.1) is 6.04 Å². The van der Waals surface area contributed by atoms with E-state index in [2.05, 4.69) is 61.8 Å². The molecule has 2 aromatic rings. The molecular weight excluding hydrogens is 266 g/mol. The van der Waals surface area contributed by atoms with Gasteiger partial charge >= 0.3 is 0 Å². The molecule has 1 fully saturated rings. The van der Waals surface area contributed by atoms with E-state index < -0.39 is 0 Å². The van der Waals surface area contributed by atoms with Crippen molar-refractivity contribution in [3.63, 3.8) is 0 Å². The van der Waals surface area contributed by atoms with Gasteiger partial charge in [0.15, 0.2) is 0 Å². The first-order valence-corrected chi connectivity index (χ1v) is 8.06. The summed E-state index contributed by atoms with van der Waals surface area (Å²) in [4.78, 5) is 2.50. The van der Waals surface area contributed by atoms with E-state index in [-0.39, 0.29) is 0 Å². The number of rotatable bonds is 1. The summed E-state index contributed by atoms with van der Waals surface area (Å²) < 4.78 is 0. The minimum Gasteiger partial charge on any atom is -0.357 e. The maximum Gasteiger partial charge on any atom is 0.0908 e. The minimum atomic E-state index is 0.334. The Bertz CT molecular complexity index is 696. The highest BCUT2D eigenvalue weighted by Crippen LogP contribution is 2.32. The molecule has 112 valence electrons. The van der Waals surface area contributed by atoms with Crippen molar-refractivity contribution in [2.24, 2.45) is 0 Å². The smallest absolute Gasteiger partial charge is 0.0908 e. The molecule has 0 aliphatic carbocycles. The summed E-state index contributed by atoms with van der Waals surface area (Å²) in [5.74, 6) is 6.84. The second kappa shape index (κ2) is 6.28. The highest BCUT2D eigenvalue weighted by Gasteiger charge is 2.25. The number of aryl methyl sites for hydroxylation is 3. The Morgan fingerprint density at radius 2 is 1.68 bits per heavy atom. The molecule has 0 N–H and O–H groups in total. The molecule has 1 aliphatic rings. The lowest BCUT2D eigenvalue weighted by Crippen LogP contribution is -2.29. The molecule has 1 aliphatic heterocycles. The summed E-state index contributed by atoms with van der Waals surface area (Å²) >= 11 is 0. The molecule has 1 nitrogen and oxygen atoms in total. The lowest BCUT2D eigenvalue weighted by molar-refractivity contribution is 0.824. The Balaban J connectivity index is 1.90. The summed E-state index contributed by atoms with van der Waals surface area (Å²) in [6, 6.07) is 15.2. The van der Waals surface area contributed by atoms with Crippen molar-refractivity contribution in [1.82, 2.24) is 0 Å². The molecule has 0 bridgehead atoms. The first-order valence-electron chi connectivity index (χ1n) is 8.06. The molecular formula is C21H23N. The van der Waals surface area contributed by atoms with Gasteiger partial charge in [-0.2, -0.15) is 0 Å². The zero-order valence-corrected chi connectivity index (χ0v) is 13.7. The van der Waals surface area contributed by atoms with Gasteiger partial charge in [-0.05, 0) is 56.9 Å². The summed E-state index contributed by atoms with van der Waals surface area (Å²) in [5, 5.41) is 0. The number of nitrogens with zero attached hydrogens (tertiary/aromatic N) is 1. The van der Waals surface area contributed by atoms with Crippen LogP contribution in [0.25, 0.3) is 0 Å². The molecule has 1 heteroatoms. The zero-order valence-electron chi connectivity index (χ0n) is 13.7. The van der Waals surface area contributed by atoms with E-state index in [0.717, 1.165) is 18.5 Å². The molecule has 1 unspecified atom stereocenters. The van der Waals surface area contributed by atoms with Gasteiger partial charge in [0.1, 0.15) is 0 Å². The maximum absolute atomic E-state index is 3.49. The highest BCUT2D eigenvalue weighted by molar-refractivity contribution is 5.62. The van der Waals surface area contributed by atoms with Crippen LogP contribution in [-0.4, -0.2) is 12.6 Å². The van der Waals surface area contributed by atoms with Crippen molar-refractivity contribution in [2.45, 2.75) is 39.7 Å². The molecule has 0 aromatic heterocycles. The monoisotopic (exact) mass is 289 g/mol. The van der Waals surface area contributed by atoms with E-state index in [0.29, 0.717) is 6.04 Å². The van der Waals surface area contributed by atoms with Crippen molar-refractivity contribution in [2.75, 3.05) is 11.4 Å². The average molecular weight is 289 g/mol. The minimum absolute atomic E-state index is 0.334. The van der Waals surface area contributed by atoms with Gasteiger partial charge in [0.25, 0.3) is 0 Å². The number of benzene rings is 2. The van der Waals surface area contributed by atoms with Crippen LogP contribution in [0.5, 0.6) is 0 Å². The SMILES string of the molecule is Cc1cc(C)c(N2CCCC2C#Cc2ccccc2)c(C)c1. The van der Waals surface area contributed by atoms with Gasteiger partial charge < -0.3 is 4.90 Å². The molecule has 22 heavy (non-hydrogen) atoms. The standard InChI is InChI=1S/C21H23N/c1-16-14-17(2)21(18(3)15-16)22-13-7-10-20(22)12-11-19-8-5-4-6-9-19/h4-6,8-9,14-15,20H,7,10,13H2,1-3H3. The van der Waals surface area contributed by atoms with Crippen LogP contribution in [0.3, 0.4) is 0 Å². The number of hydrogen-bond acceptors (Lipinski definition) is 1. The Labute approximate surface area is 134 Å². The average Bonchev–Trinajstić information content (AvgIpc) is 2.93. The second-order valence-electron chi connectivity index (χ2n) is 6.23. The van der Waals surface area contributed by atoms with E-state index in [1.807, 2.05) is 18.2 Å². The molecule has 2 aromatic carbocycles. The molecule has 0 saturated carbocycles. The first-order chi connectivity index (χ1) is 10.6. The molecule has 3 rings (SSSR count). The van der Waals surface area contributed by atoms with E-state index in [4.69, 9.17) is 0 Å². The van der Waals surface area contributed by atoms with Crippen molar-refractivity contribution >= 4 is 5.69 Å². The normalized spacial score (nSPS) is 17.2. The molecule has 0 spiro atoms. The van der Waals surface area contributed by atoms with Crippen LogP contribution < -0.4 is 4.90 Å². The predicted molar refractivity (Wildman–Crippen MR) is 94.3 cm³/mol. The van der Waals surface area contributed by atoms with Crippen LogP contribution in [-0.2, 0) is 0 Å². The fourth-order valence-corrected chi connectivity index (χ4v) is 3.50. The molecule has 0 amide bonds. The van der Waals surface area contributed by atoms with Crippen molar-refractivity contribution in [1.29, 1.82) is 0 Å². The van der Waals surface area contributed by atoms with E-state index in [1.165, 1.54) is 28.8 Å². The van der Waals surface area contributed by atoms with Crippen molar-refractivity contribution in [3.05, 3.63) is 64.7 Å². The van der Waals surface area contributed by atoms with Gasteiger partial charge in [0.2, 0.25) is 0 Å². The van der Waals surface area contributed by atoms with Crippen molar-refractivity contribution in [3.8, 4) is 11.8 Å². The molecule has 1 saturated heterocycles. The predicted octanol–water partition coefficient (Wildman–Crippen LogP) is 4.63. The number of anilines is 1. The van der Waals surface area contributed by atoms with Crippen molar-refractivity contribution < 1.29 is 0 Å². The lowest BCUT2D eigenvalue weighted by atomic mass is 10.0. The van der Waals surface area contributed by atoms with E-state index in [9.17, 15) is 0 Å². The number of hydrogen-bond donors (Lipinski definition) is 0. The summed E-state index contributed by atoms with van der Waals surface area (Å²) in [6.45, 7) is 7.71. The van der Waals surface area contributed by atoms with Crippen LogP contribution in [0.15, 0.2) is 42.5 Å². The zero-order chi connectivity index (χ0) is 15.5. The van der Waals surface area contributed by atoms with Gasteiger partial charge in [-0.1, -0.05) is 47.7 Å². The lowest BCUT2D eigenvalue weighted by Gasteiger charge is -2.27. The van der Waals surface area contributed by atoms with E-state index >= 15 is 0 Å². The third kappa shape index (κ3) is 3.02. The third-order valence-electron chi connectivity index (χ3n) is 4.33. The summed E-state index contributed by atoms with van der Waals surface area (Å²) in [6.07, 6.45) is 2.38. The van der Waals surface area contributed by atoms with Crippen LogP contribution in [0.2, 0.25) is 0 Å². The highest BCUT2D eigenvalue weighted by atomic mass is 15.2. The van der Waals surface area contributed by atoms with Crippen LogP contribution in [0.4, 0.5) is 5.69 Å². The summed E-state index contributed by atoms with van der Waals surface area (Å²) in [7, 11) is 0. The molecule has 1 heterocycles. The van der Waals surface area contributed by atoms with Gasteiger partial charge in [-0.25, -0.2) is 0 Å². The third-order valence-corrected chi connectivity index (χ3v) is 4.33. The Hall–Kier alpha value is -2.20. The van der Waals surface area contributed by atoms with Gasteiger partial charge in [0, 0.05) is 17.8 Å².